The first kappa shape index (κ1) is 17.0. The van der Waals surface area contributed by atoms with Gasteiger partial charge in [-0.25, -0.2) is 0 Å². The van der Waals surface area contributed by atoms with E-state index in [2.05, 4.69) is 37.9 Å². The lowest BCUT2D eigenvalue weighted by molar-refractivity contribution is -0.119. The van der Waals surface area contributed by atoms with Crippen LogP contribution in [0.1, 0.15) is 30.7 Å². The van der Waals surface area contributed by atoms with Crippen LogP contribution < -0.4 is 15.5 Å². The molecule has 6 heteroatoms. The van der Waals surface area contributed by atoms with Crippen LogP contribution in [0, 0.1) is 5.92 Å². The van der Waals surface area contributed by atoms with E-state index in [1.165, 1.54) is 18.4 Å². The molecule has 1 aromatic heterocycles. The highest BCUT2D eigenvalue weighted by molar-refractivity contribution is 5.93. The largest absolute Gasteiger partial charge is 0.354 e. The minimum Gasteiger partial charge on any atom is -0.354 e. The standard InChI is InChI=1S/C20H25N5O/c26-20(17-9-13-25(14-17)19-2-1-10-22-24-19)23-18-5-3-15(4-6-18)16-7-11-21-12-8-16/h1-6,10,16-17,21H,7-9,11-14H2,(H,23,26)/t17-/m1/s1. The smallest absolute Gasteiger partial charge is 0.229 e. The average Bonchev–Trinajstić information content (AvgIpc) is 3.20. The summed E-state index contributed by atoms with van der Waals surface area (Å²) in [6, 6.07) is 12.2. The van der Waals surface area contributed by atoms with E-state index < -0.39 is 0 Å². The number of rotatable bonds is 4. The van der Waals surface area contributed by atoms with Crippen LogP contribution in [-0.4, -0.2) is 42.3 Å². The van der Waals surface area contributed by atoms with Crippen LogP contribution in [0.15, 0.2) is 42.6 Å². The van der Waals surface area contributed by atoms with E-state index in [1.54, 1.807) is 6.20 Å². The van der Waals surface area contributed by atoms with E-state index in [0.29, 0.717) is 12.5 Å². The molecule has 6 nitrogen and oxygen atoms in total. The van der Waals surface area contributed by atoms with Crippen LogP contribution in [0.5, 0.6) is 0 Å². The third-order valence-corrected chi connectivity index (χ3v) is 5.43. The number of anilines is 2. The number of amides is 1. The molecule has 1 atom stereocenters. The molecule has 0 bridgehead atoms. The van der Waals surface area contributed by atoms with Gasteiger partial charge in [0.15, 0.2) is 5.82 Å². The van der Waals surface area contributed by atoms with Gasteiger partial charge in [-0.3, -0.25) is 4.79 Å². The minimum atomic E-state index is -0.0129. The van der Waals surface area contributed by atoms with Crippen molar-refractivity contribution >= 4 is 17.4 Å². The van der Waals surface area contributed by atoms with Gasteiger partial charge in [-0.15, -0.1) is 5.10 Å². The molecule has 0 aliphatic carbocycles. The van der Waals surface area contributed by atoms with Crippen molar-refractivity contribution in [3.05, 3.63) is 48.2 Å². The monoisotopic (exact) mass is 351 g/mol. The third-order valence-electron chi connectivity index (χ3n) is 5.43. The zero-order valence-corrected chi connectivity index (χ0v) is 14.9. The topological polar surface area (TPSA) is 70.2 Å². The van der Waals surface area contributed by atoms with Crippen LogP contribution in [0.4, 0.5) is 11.5 Å². The van der Waals surface area contributed by atoms with Gasteiger partial charge < -0.3 is 15.5 Å². The van der Waals surface area contributed by atoms with E-state index >= 15 is 0 Å². The molecule has 1 amide bonds. The van der Waals surface area contributed by atoms with E-state index in [-0.39, 0.29) is 11.8 Å². The van der Waals surface area contributed by atoms with E-state index in [0.717, 1.165) is 37.6 Å². The highest BCUT2D eigenvalue weighted by Crippen LogP contribution is 2.27. The molecule has 2 N–H and O–H groups in total. The predicted molar refractivity (Wildman–Crippen MR) is 102 cm³/mol. The summed E-state index contributed by atoms with van der Waals surface area (Å²) in [5, 5.41) is 14.5. The second-order valence-electron chi connectivity index (χ2n) is 7.15. The summed E-state index contributed by atoms with van der Waals surface area (Å²) in [4.78, 5) is 14.7. The maximum absolute atomic E-state index is 12.6. The van der Waals surface area contributed by atoms with Crippen molar-refractivity contribution in [2.24, 2.45) is 5.92 Å². The normalized spacial score (nSPS) is 20.9. The molecule has 2 aromatic rings. The van der Waals surface area contributed by atoms with Crippen LogP contribution in [0.25, 0.3) is 0 Å². The van der Waals surface area contributed by atoms with Crippen LogP contribution >= 0.6 is 0 Å². The van der Waals surface area contributed by atoms with Gasteiger partial charge in [-0.1, -0.05) is 12.1 Å². The first-order valence-corrected chi connectivity index (χ1v) is 9.44. The number of hydrogen-bond acceptors (Lipinski definition) is 5. The van der Waals surface area contributed by atoms with Crippen molar-refractivity contribution in [1.29, 1.82) is 0 Å². The molecule has 136 valence electrons. The predicted octanol–water partition coefficient (Wildman–Crippen LogP) is 2.41. The minimum absolute atomic E-state index is 0.0129. The Balaban J connectivity index is 1.33. The van der Waals surface area contributed by atoms with Crippen molar-refractivity contribution in [3.8, 4) is 0 Å². The molecule has 0 spiro atoms. The molecule has 0 unspecified atom stereocenters. The molecule has 0 saturated carbocycles. The zero-order chi connectivity index (χ0) is 17.8. The lowest BCUT2D eigenvalue weighted by Gasteiger charge is -2.23. The summed E-state index contributed by atoms with van der Waals surface area (Å²) in [7, 11) is 0. The van der Waals surface area contributed by atoms with Gasteiger partial charge in [0.2, 0.25) is 5.91 Å². The Bertz CT molecular complexity index is 728. The first-order chi connectivity index (χ1) is 12.8. The number of hydrogen-bond donors (Lipinski definition) is 2. The van der Waals surface area contributed by atoms with Crippen molar-refractivity contribution in [3.63, 3.8) is 0 Å². The highest BCUT2D eigenvalue weighted by atomic mass is 16.1. The molecule has 1 aromatic carbocycles. The van der Waals surface area contributed by atoms with Crippen molar-refractivity contribution in [2.75, 3.05) is 36.4 Å². The Morgan fingerprint density at radius 3 is 2.65 bits per heavy atom. The zero-order valence-electron chi connectivity index (χ0n) is 14.9. The first-order valence-electron chi connectivity index (χ1n) is 9.44. The molecular weight excluding hydrogens is 326 g/mol. The lowest BCUT2D eigenvalue weighted by atomic mass is 9.90. The number of aromatic nitrogens is 2. The van der Waals surface area contributed by atoms with Gasteiger partial charge in [0.25, 0.3) is 0 Å². The molecule has 2 saturated heterocycles. The fraction of sp³-hybridized carbons (Fsp3) is 0.450. The third kappa shape index (κ3) is 3.85. The number of nitrogens with one attached hydrogen (secondary N) is 2. The number of nitrogens with zero attached hydrogens (tertiary/aromatic N) is 3. The van der Waals surface area contributed by atoms with E-state index in [9.17, 15) is 4.79 Å². The maximum Gasteiger partial charge on any atom is 0.229 e. The number of piperidine rings is 1. The Kier molecular flexibility index (Phi) is 5.11. The Labute approximate surface area is 154 Å². The van der Waals surface area contributed by atoms with E-state index in [1.807, 2.05) is 24.3 Å². The number of benzene rings is 1. The summed E-state index contributed by atoms with van der Waals surface area (Å²) in [5.41, 5.74) is 2.25. The maximum atomic E-state index is 12.6. The summed E-state index contributed by atoms with van der Waals surface area (Å²) in [6.45, 7) is 3.71. The summed E-state index contributed by atoms with van der Waals surface area (Å²) in [6.07, 6.45) is 4.88. The highest BCUT2D eigenvalue weighted by Gasteiger charge is 2.29. The summed E-state index contributed by atoms with van der Waals surface area (Å²) >= 11 is 0. The molecule has 26 heavy (non-hydrogen) atoms. The van der Waals surface area contributed by atoms with Gasteiger partial charge in [0, 0.05) is 25.0 Å². The molecule has 3 heterocycles. The van der Waals surface area contributed by atoms with Crippen LogP contribution in [0.3, 0.4) is 0 Å². The average molecular weight is 351 g/mol. The molecule has 4 rings (SSSR count). The number of carbonyl (C=O) groups excluding carboxylic acids is 1. The summed E-state index contributed by atoms with van der Waals surface area (Å²) < 4.78 is 0. The van der Waals surface area contributed by atoms with Gasteiger partial charge in [-0.2, -0.15) is 5.10 Å². The van der Waals surface area contributed by atoms with Gasteiger partial charge in [0.1, 0.15) is 0 Å². The summed E-state index contributed by atoms with van der Waals surface area (Å²) in [5.74, 6) is 1.55. The molecule has 0 radical (unpaired) electrons. The Morgan fingerprint density at radius 2 is 1.92 bits per heavy atom. The fourth-order valence-corrected chi connectivity index (χ4v) is 3.88. The quantitative estimate of drug-likeness (QED) is 0.885. The number of carbonyl (C=O) groups is 1. The fourth-order valence-electron chi connectivity index (χ4n) is 3.88. The second kappa shape index (κ2) is 7.83. The SMILES string of the molecule is O=C(Nc1ccc(C2CCNCC2)cc1)[C@@H]1CCN(c2cccnn2)C1. The van der Waals surface area contributed by atoms with Crippen molar-refractivity contribution < 1.29 is 4.79 Å². The molecule has 2 aliphatic heterocycles. The van der Waals surface area contributed by atoms with Gasteiger partial charge in [-0.05, 0) is 68.1 Å². The molecular formula is C20H25N5O. The molecule has 2 fully saturated rings. The van der Waals surface area contributed by atoms with Gasteiger partial charge >= 0.3 is 0 Å². The van der Waals surface area contributed by atoms with Crippen molar-refractivity contribution in [1.82, 2.24) is 15.5 Å². The van der Waals surface area contributed by atoms with Crippen LogP contribution in [-0.2, 0) is 4.79 Å². The van der Waals surface area contributed by atoms with Gasteiger partial charge in [0.05, 0.1) is 5.92 Å². The van der Waals surface area contributed by atoms with E-state index in [4.69, 9.17) is 0 Å². The second-order valence-corrected chi connectivity index (χ2v) is 7.15. The Hall–Kier alpha value is -2.47. The van der Waals surface area contributed by atoms with Crippen LogP contribution in [0.2, 0.25) is 0 Å². The molecule has 2 aliphatic rings. The van der Waals surface area contributed by atoms with Crippen molar-refractivity contribution in [2.45, 2.75) is 25.2 Å². The lowest BCUT2D eigenvalue weighted by Crippen LogP contribution is -2.27. The Morgan fingerprint density at radius 1 is 1.12 bits per heavy atom.